The lowest BCUT2D eigenvalue weighted by atomic mass is 10.1. The summed E-state index contributed by atoms with van der Waals surface area (Å²) < 4.78 is 33.9. The van der Waals surface area contributed by atoms with Gasteiger partial charge in [0.25, 0.3) is 0 Å². The molecule has 0 bridgehead atoms. The van der Waals surface area contributed by atoms with Crippen LogP contribution in [0.25, 0.3) is 0 Å². The maximum atomic E-state index is 12.4. The van der Waals surface area contributed by atoms with Crippen LogP contribution in [0.5, 0.6) is 0 Å². The predicted octanol–water partition coefficient (Wildman–Crippen LogP) is 1.48. The first kappa shape index (κ1) is 16.7. The van der Waals surface area contributed by atoms with Gasteiger partial charge in [-0.25, -0.2) is 17.9 Å². The van der Waals surface area contributed by atoms with E-state index in [0.29, 0.717) is 5.56 Å². The summed E-state index contributed by atoms with van der Waals surface area (Å²) in [5, 5.41) is 4.30. The van der Waals surface area contributed by atoms with E-state index in [1.807, 2.05) is 4.68 Å². The molecule has 1 N–H and O–H groups in total. The van der Waals surface area contributed by atoms with Crippen LogP contribution in [-0.2, 0) is 34.3 Å². The highest BCUT2D eigenvalue weighted by Gasteiger charge is 2.19. The van der Waals surface area contributed by atoms with Crippen LogP contribution in [0.4, 0.5) is 0 Å². The molecule has 128 valence electrons. The molecule has 0 spiro atoms. The lowest BCUT2D eigenvalue weighted by Gasteiger charge is -2.15. The normalized spacial score (nSPS) is 14.2. The Morgan fingerprint density at radius 1 is 1.29 bits per heavy atom. The largest absolute Gasteiger partial charge is 0.465 e. The number of nitrogens with one attached hydrogen (secondary N) is 1. The summed E-state index contributed by atoms with van der Waals surface area (Å²) in [4.78, 5) is 11.5. The molecule has 0 saturated heterocycles. The Kier molecular flexibility index (Phi) is 4.68. The average Bonchev–Trinajstić information content (AvgIpc) is 3.03. The summed E-state index contributed by atoms with van der Waals surface area (Å²) in [6.45, 7) is 1.09. The molecule has 0 atom stereocenters. The molecule has 0 aliphatic carbocycles. The number of fused-ring (bicyclic) bond motifs is 1. The summed E-state index contributed by atoms with van der Waals surface area (Å²) >= 11 is 0. The molecule has 2 aromatic rings. The van der Waals surface area contributed by atoms with Crippen LogP contribution in [0.1, 0.15) is 34.5 Å². The Labute approximate surface area is 140 Å². The fourth-order valence-electron chi connectivity index (χ4n) is 2.78. The molecular weight excluding hydrogens is 330 g/mol. The maximum absolute atomic E-state index is 12.4. The second kappa shape index (κ2) is 6.74. The minimum Gasteiger partial charge on any atom is -0.465 e. The second-order valence-corrected chi connectivity index (χ2v) is 7.40. The molecule has 7 nitrogen and oxygen atoms in total. The van der Waals surface area contributed by atoms with Crippen LogP contribution in [0, 0.1) is 0 Å². The lowest BCUT2D eigenvalue weighted by Crippen LogP contribution is -2.24. The van der Waals surface area contributed by atoms with Crippen LogP contribution >= 0.6 is 0 Å². The molecule has 0 unspecified atom stereocenters. The van der Waals surface area contributed by atoms with Gasteiger partial charge in [0.1, 0.15) is 0 Å². The van der Waals surface area contributed by atoms with E-state index in [1.54, 1.807) is 6.20 Å². The van der Waals surface area contributed by atoms with Crippen molar-refractivity contribution in [2.24, 2.45) is 0 Å². The summed E-state index contributed by atoms with van der Waals surface area (Å²) in [5.74, 6) is -0.501. The molecular formula is C16H19N3O4S. The molecule has 3 rings (SSSR count). The number of aryl methyl sites for hydroxylation is 1. The summed E-state index contributed by atoms with van der Waals surface area (Å²) in [6.07, 6.45) is 4.85. The number of hydrogen-bond donors (Lipinski definition) is 1. The molecule has 0 radical (unpaired) electrons. The van der Waals surface area contributed by atoms with Gasteiger partial charge < -0.3 is 4.74 Å². The Morgan fingerprint density at radius 2 is 2.04 bits per heavy atom. The standard InChI is InChI=1S/C16H19N3O4S/c1-23-16(20)12-5-7-14(8-6-12)24(21,22)18-11-13-10-17-19-9-3-2-4-15(13)19/h5-8,10,18H,2-4,9,11H2,1H3. The first-order chi connectivity index (χ1) is 11.5. The van der Waals surface area contributed by atoms with Gasteiger partial charge in [-0.1, -0.05) is 0 Å². The zero-order valence-corrected chi connectivity index (χ0v) is 14.2. The van der Waals surface area contributed by atoms with Crippen molar-refractivity contribution < 1.29 is 17.9 Å². The third-order valence-electron chi connectivity index (χ3n) is 4.11. The van der Waals surface area contributed by atoms with Crippen molar-refractivity contribution in [3.05, 3.63) is 47.3 Å². The van der Waals surface area contributed by atoms with E-state index < -0.39 is 16.0 Å². The topological polar surface area (TPSA) is 90.3 Å². The molecule has 1 aromatic heterocycles. The predicted molar refractivity (Wildman–Crippen MR) is 87.0 cm³/mol. The lowest BCUT2D eigenvalue weighted by molar-refractivity contribution is 0.0600. The van der Waals surface area contributed by atoms with Crippen LogP contribution in [0.15, 0.2) is 35.4 Å². The van der Waals surface area contributed by atoms with Gasteiger partial charge in [0.2, 0.25) is 10.0 Å². The first-order valence-electron chi connectivity index (χ1n) is 7.73. The number of ether oxygens (including phenoxy) is 1. The van der Waals surface area contributed by atoms with Crippen molar-refractivity contribution in [1.29, 1.82) is 0 Å². The van der Waals surface area contributed by atoms with Crippen molar-refractivity contribution in [2.45, 2.75) is 37.2 Å². The fraction of sp³-hybridized carbons (Fsp3) is 0.375. The number of methoxy groups -OCH3 is 1. The summed E-state index contributed by atoms with van der Waals surface area (Å²) in [6, 6.07) is 5.65. The number of hydrogen-bond acceptors (Lipinski definition) is 5. The van der Waals surface area contributed by atoms with Gasteiger partial charge in [0.15, 0.2) is 0 Å². The van der Waals surface area contributed by atoms with Crippen molar-refractivity contribution in [3.63, 3.8) is 0 Å². The smallest absolute Gasteiger partial charge is 0.337 e. The molecule has 0 fully saturated rings. The number of aromatic nitrogens is 2. The second-order valence-electron chi connectivity index (χ2n) is 5.64. The molecule has 24 heavy (non-hydrogen) atoms. The number of esters is 1. The van der Waals surface area contributed by atoms with Gasteiger partial charge in [-0.2, -0.15) is 5.10 Å². The van der Waals surface area contributed by atoms with E-state index in [-0.39, 0.29) is 11.4 Å². The molecule has 1 aliphatic rings. The molecule has 1 aliphatic heterocycles. The summed E-state index contributed by atoms with van der Waals surface area (Å²) in [7, 11) is -2.37. The highest BCUT2D eigenvalue weighted by atomic mass is 32.2. The zero-order chi connectivity index (χ0) is 17.2. The minimum absolute atomic E-state index is 0.108. The van der Waals surface area contributed by atoms with Gasteiger partial charge >= 0.3 is 5.97 Å². The maximum Gasteiger partial charge on any atom is 0.337 e. The van der Waals surface area contributed by atoms with E-state index in [4.69, 9.17) is 0 Å². The van der Waals surface area contributed by atoms with E-state index in [1.165, 1.54) is 31.4 Å². The SMILES string of the molecule is COC(=O)c1ccc(S(=O)(=O)NCc2cnn3c2CCCC3)cc1. The Balaban J connectivity index is 1.72. The van der Waals surface area contributed by atoms with Crippen molar-refractivity contribution >= 4 is 16.0 Å². The summed E-state index contributed by atoms with van der Waals surface area (Å²) in [5.41, 5.74) is 2.32. The van der Waals surface area contributed by atoms with E-state index in [0.717, 1.165) is 37.1 Å². The Morgan fingerprint density at radius 3 is 2.75 bits per heavy atom. The van der Waals surface area contributed by atoms with Crippen molar-refractivity contribution in [3.8, 4) is 0 Å². The third kappa shape index (κ3) is 3.34. The van der Waals surface area contributed by atoms with Crippen LogP contribution < -0.4 is 4.72 Å². The van der Waals surface area contributed by atoms with E-state index in [9.17, 15) is 13.2 Å². The Hall–Kier alpha value is -2.19. The Bertz CT molecular complexity index is 841. The highest BCUT2D eigenvalue weighted by Crippen LogP contribution is 2.19. The van der Waals surface area contributed by atoms with Crippen LogP contribution in [0.3, 0.4) is 0 Å². The molecule has 8 heteroatoms. The molecule has 0 saturated carbocycles. The monoisotopic (exact) mass is 349 g/mol. The van der Waals surface area contributed by atoms with Crippen molar-refractivity contribution in [2.75, 3.05) is 7.11 Å². The van der Waals surface area contributed by atoms with E-state index >= 15 is 0 Å². The van der Waals surface area contributed by atoms with Gasteiger partial charge in [-0.05, 0) is 43.5 Å². The quantitative estimate of drug-likeness (QED) is 0.826. The number of sulfonamides is 1. The number of rotatable bonds is 5. The number of carbonyl (C=O) groups excluding carboxylic acids is 1. The van der Waals surface area contributed by atoms with Crippen molar-refractivity contribution in [1.82, 2.24) is 14.5 Å². The van der Waals surface area contributed by atoms with E-state index in [2.05, 4.69) is 14.6 Å². The van der Waals surface area contributed by atoms with Gasteiger partial charge in [-0.15, -0.1) is 0 Å². The highest BCUT2D eigenvalue weighted by molar-refractivity contribution is 7.89. The minimum atomic E-state index is -3.65. The average molecular weight is 349 g/mol. The zero-order valence-electron chi connectivity index (χ0n) is 13.4. The number of carbonyl (C=O) groups is 1. The van der Waals surface area contributed by atoms with Crippen LogP contribution in [-0.4, -0.2) is 31.3 Å². The number of nitrogens with zero attached hydrogens (tertiary/aromatic N) is 2. The molecule has 1 aromatic carbocycles. The first-order valence-corrected chi connectivity index (χ1v) is 9.21. The van der Waals surface area contributed by atoms with Gasteiger partial charge in [0.05, 0.1) is 23.8 Å². The third-order valence-corrected chi connectivity index (χ3v) is 5.52. The molecule has 2 heterocycles. The van der Waals surface area contributed by atoms with Gasteiger partial charge in [0, 0.05) is 24.3 Å². The van der Waals surface area contributed by atoms with Gasteiger partial charge in [-0.3, -0.25) is 4.68 Å². The fourth-order valence-corrected chi connectivity index (χ4v) is 3.78. The number of benzene rings is 1. The van der Waals surface area contributed by atoms with Crippen LogP contribution in [0.2, 0.25) is 0 Å². The molecule has 0 amide bonds.